The van der Waals surface area contributed by atoms with Gasteiger partial charge in [0.25, 0.3) is 0 Å². The molecular formula is C22H23ClN4O3S. The summed E-state index contributed by atoms with van der Waals surface area (Å²) in [5, 5.41) is 10.5. The summed E-state index contributed by atoms with van der Waals surface area (Å²) in [4.78, 5) is 12.5. The molecule has 0 saturated carbocycles. The van der Waals surface area contributed by atoms with Crippen molar-refractivity contribution in [3.8, 4) is 17.1 Å². The van der Waals surface area contributed by atoms with Crippen LogP contribution < -0.4 is 10.1 Å². The Kier molecular flexibility index (Phi) is 7.01. The van der Waals surface area contributed by atoms with Gasteiger partial charge in [-0.3, -0.25) is 14.5 Å². The van der Waals surface area contributed by atoms with Crippen molar-refractivity contribution in [1.29, 1.82) is 0 Å². The number of H-pyrrole nitrogens is 1. The van der Waals surface area contributed by atoms with Crippen LogP contribution in [0.2, 0.25) is 5.02 Å². The van der Waals surface area contributed by atoms with E-state index in [1.165, 1.54) is 0 Å². The third-order valence-corrected chi connectivity index (χ3v) is 5.60. The summed E-state index contributed by atoms with van der Waals surface area (Å²) in [5.74, 6) is 1.22. The number of aromatic amines is 1. The van der Waals surface area contributed by atoms with Crippen LogP contribution in [0.3, 0.4) is 0 Å². The number of carbonyl (C=O) groups is 1. The Morgan fingerprint density at radius 3 is 2.74 bits per heavy atom. The number of halogens is 1. The number of benzene rings is 2. The molecule has 7 nitrogen and oxygen atoms in total. The lowest BCUT2D eigenvalue weighted by atomic mass is 10.2. The predicted molar refractivity (Wildman–Crippen MR) is 121 cm³/mol. The van der Waals surface area contributed by atoms with Gasteiger partial charge >= 0.3 is 0 Å². The molecule has 4 rings (SSSR count). The SMILES string of the molecule is O=C(Cn1c(-c2ccc(Cl)cc2)n[nH]c1=S)NCc1ccc(OCC2CCCO2)cc1. The minimum atomic E-state index is -0.161. The maximum Gasteiger partial charge on any atom is 0.240 e. The van der Waals surface area contributed by atoms with Crippen molar-refractivity contribution in [3.05, 3.63) is 63.9 Å². The first-order valence-electron chi connectivity index (χ1n) is 10.1. The highest BCUT2D eigenvalue weighted by Crippen LogP contribution is 2.20. The minimum Gasteiger partial charge on any atom is -0.491 e. The highest BCUT2D eigenvalue weighted by atomic mass is 35.5. The van der Waals surface area contributed by atoms with E-state index in [0.717, 1.165) is 36.3 Å². The van der Waals surface area contributed by atoms with Crippen LogP contribution in [0.25, 0.3) is 11.4 Å². The average molecular weight is 459 g/mol. The fourth-order valence-corrected chi connectivity index (χ4v) is 3.67. The van der Waals surface area contributed by atoms with Gasteiger partial charge in [-0.2, -0.15) is 5.10 Å². The number of amides is 1. The molecule has 3 aromatic rings. The number of rotatable bonds is 8. The van der Waals surface area contributed by atoms with E-state index < -0.39 is 0 Å². The van der Waals surface area contributed by atoms with Crippen molar-refractivity contribution in [2.45, 2.75) is 32.0 Å². The number of hydrogen-bond donors (Lipinski definition) is 2. The van der Waals surface area contributed by atoms with Gasteiger partial charge in [0.05, 0.1) is 6.10 Å². The fraction of sp³-hybridized carbons (Fsp3) is 0.318. The zero-order valence-electron chi connectivity index (χ0n) is 16.8. The van der Waals surface area contributed by atoms with Gasteiger partial charge in [-0.1, -0.05) is 23.7 Å². The number of ether oxygens (including phenoxy) is 2. The first-order chi connectivity index (χ1) is 15.1. The molecule has 2 N–H and O–H groups in total. The number of nitrogens with one attached hydrogen (secondary N) is 2. The van der Waals surface area contributed by atoms with Crippen LogP contribution in [0, 0.1) is 4.77 Å². The van der Waals surface area contributed by atoms with Crippen molar-refractivity contribution in [1.82, 2.24) is 20.1 Å². The molecule has 0 radical (unpaired) electrons. The van der Waals surface area contributed by atoms with Gasteiger partial charge in [-0.05, 0) is 67.0 Å². The molecule has 1 aromatic heterocycles. The Labute approximate surface area is 190 Å². The van der Waals surface area contributed by atoms with E-state index >= 15 is 0 Å². The zero-order valence-corrected chi connectivity index (χ0v) is 18.4. The molecule has 2 aromatic carbocycles. The minimum absolute atomic E-state index is 0.0654. The highest BCUT2D eigenvalue weighted by molar-refractivity contribution is 7.71. The summed E-state index contributed by atoms with van der Waals surface area (Å²) in [7, 11) is 0. The molecule has 162 valence electrons. The second kappa shape index (κ2) is 10.1. The molecule has 1 aliphatic heterocycles. The standard InChI is InChI=1S/C22H23ClN4O3S/c23-17-7-5-16(6-8-17)21-25-26-22(31)27(21)13-20(28)24-12-15-3-9-18(10-4-15)30-14-19-2-1-11-29-19/h3-10,19H,1-2,11-14H2,(H,24,28)(H,26,31). The largest absolute Gasteiger partial charge is 0.491 e. The molecule has 1 fully saturated rings. The van der Waals surface area contributed by atoms with Crippen LogP contribution in [-0.2, 0) is 22.6 Å². The Balaban J connectivity index is 1.31. The molecule has 0 spiro atoms. The molecule has 31 heavy (non-hydrogen) atoms. The quantitative estimate of drug-likeness (QED) is 0.496. The van der Waals surface area contributed by atoms with Gasteiger partial charge in [-0.25, -0.2) is 0 Å². The molecule has 1 aliphatic rings. The molecule has 1 unspecified atom stereocenters. The monoisotopic (exact) mass is 458 g/mol. The molecule has 1 amide bonds. The lowest BCUT2D eigenvalue weighted by Crippen LogP contribution is -2.27. The van der Waals surface area contributed by atoms with Crippen molar-refractivity contribution >= 4 is 29.7 Å². The van der Waals surface area contributed by atoms with E-state index in [1.807, 2.05) is 36.4 Å². The van der Waals surface area contributed by atoms with E-state index in [-0.39, 0.29) is 18.6 Å². The van der Waals surface area contributed by atoms with Gasteiger partial charge in [0.1, 0.15) is 18.9 Å². The van der Waals surface area contributed by atoms with E-state index in [0.29, 0.717) is 28.8 Å². The van der Waals surface area contributed by atoms with Crippen LogP contribution in [0.5, 0.6) is 5.75 Å². The van der Waals surface area contributed by atoms with Crippen LogP contribution in [-0.4, -0.2) is 40.0 Å². The average Bonchev–Trinajstić information content (AvgIpc) is 3.43. The Morgan fingerprint density at radius 2 is 2.03 bits per heavy atom. The van der Waals surface area contributed by atoms with Crippen LogP contribution in [0.4, 0.5) is 0 Å². The summed E-state index contributed by atoms with van der Waals surface area (Å²) >= 11 is 11.2. The summed E-state index contributed by atoms with van der Waals surface area (Å²) in [5.41, 5.74) is 1.80. The molecule has 0 aliphatic carbocycles. The number of carbonyl (C=O) groups excluding carboxylic acids is 1. The highest BCUT2D eigenvalue weighted by Gasteiger charge is 2.16. The van der Waals surface area contributed by atoms with Gasteiger partial charge < -0.3 is 14.8 Å². The van der Waals surface area contributed by atoms with E-state index in [1.54, 1.807) is 16.7 Å². The lowest BCUT2D eigenvalue weighted by Gasteiger charge is -2.12. The van der Waals surface area contributed by atoms with Crippen molar-refractivity contribution in [2.24, 2.45) is 0 Å². The molecule has 1 saturated heterocycles. The summed E-state index contributed by atoms with van der Waals surface area (Å²) in [6, 6.07) is 14.9. The van der Waals surface area contributed by atoms with Crippen molar-refractivity contribution in [3.63, 3.8) is 0 Å². The Bertz CT molecular complexity index is 1070. The third kappa shape index (κ3) is 5.72. The molecule has 2 heterocycles. The fourth-order valence-electron chi connectivity index (χ4n) is 3.35. The van der Waals surface area contributed by atoms with E-state index in [2.05, 4.69) is 15.5 Å². The number of hydrogen-bond acceptors (Lipinski definition) is 5. The number of nitrogens with zero attached hydrogens (tertiary/aromatic N) is 2. The zero-order chi connectivity index (χ0) is 21.6. The smallest absolute Gasteiger partial charge is 0.240 e. The van der Waals surface area contributed by atoms with Crippen LogP contribution in [0.15, 0.2) is 48.5 Å². The lowest BCUT2D eigenvalue weighted by molar-refractivity contribution is -0.121. The second-order valence-corrected chi connectivity index (χ2v) is 8.14. The second-order valence-electron chi connectivity index (χ2n) is 7.31. The first kappa shape index (κ1) is 21.5. The van der Waals surface area contributed by atoms with E-state index in [9.17, 15) is 4.79 Å². The van der Waals surface area contributed by atoms with Crippen molar-refractivity contribution in [2.75, 3.05) is 13.2 Å². The molecule has 0 bridgehead atoms. The Hall–Kier alpha value is -2.68. The summed E-state index contributed by atoms with van der Waals surface area (Å²) in [6.07, 6.45) is 2.33. The molecular weight excluding hydrogens is 436 g/mol. The topological polar surface area (TPSA) is 81.2 Å². The van der Waals surface area contributed by atoms with Gasteiger partial charge in [0, 0.05) is 23.7 Å². The van der Waals surface area contributed by atoms with Gasteiger partial charge in [-0.15, -0.1) is 0 Å². The molecule has 9 heteroatoms. The van der Waals surface area contributed by atoms with Gasteiger partial charge in [0.15, 0.2) is 10.6 Å². The van der Waals surface area contributed by atoms with Gasteiger partial charge in [0.2, 0.25) is 5.91 Å². The Morgan fingerprint density at radius 1 is 1.26 bits per heavy atom. The summed E-state index contributed by atoms with van der Waals surface area (Å²) in [6.45, 7) is 1.86. The first-order valence-corrected chi connectivity index (χ1v) is 10.9. The predicted octanol–water partition coefficient (Wildman–Crippen LogP) is 4.14. The van der Waals surface area contributed by atoms with E-state index in [4.69, 9.17) is 33.3 Å². The van der Waals surface area contributed by atoms with Crippen LogP contribution >= 0.6 is 23.8 Å². The number of aromatic nitrogens is 3. The third-order valence-electron chi connectivity index (χ3n) is 5.04. The maximum absolute atomic E-state index is 12.5. The van der Waals surface area contributed by atoms with Crippen molar-refractivity contribution < 1.29 is 14.3 Å². The molecule has 1 atom stereocenters. The van der Waals surface area contributed by atoms with Crippen LogP contribution in [0.1, 0.15) is 18.4 Å². The normalized spacial score (nSPS) is 15.7. The summed E-state index contributed by atoms with van der Waals surface area (Å²) < 4.78 is 13.4. The maximum atomic E-state index is 12.5.